The van der Waals surface area contributed by atoms with Gasteiger partial charge in [0, 0.05) is 11.8 Å². The van der Waals surface area contributed by atoms with Crippen LogP contribution in [-0.4, -0.2) is 22.6 Å². The lowest BCUT2D eigenvalue weighted by molar-refractivity contribution is 0.317. The molecule has 0 bridgehead atoms. The molecule has 0 aliphatic rings. The Morgan fingerprint density at radius 3 is 2.65 bits per heavy atom. The first-order valence-corrected chi connectivity index (χ1v) is 8.40. The number of thioether (sulfide) groups is 1. The second-order valence-corrected chi connectivity index (χ2v) is 6.87. The molecular weight excluding hydrogens is 290 g/mol. The van der Waals surface area contributed by atoms with Crippen LogP contribution in [0.4, 0.5) is 0 Å². The maximum Gasteiger partial charge on any atom is 0.174 e. The van der Waals surface area contributed by atoms with E-state index in [1.54, 1.807) is 23.1 Å². The van der Waals surface area contributed by atoms with Gasteiger partial charge in [-0.3, -0.25) is 0 Å². The van der Waals surface area contributed by atoms with Crippen molar-refractivity contribution >= 4 is 23.1 Å². The van der Waals surface area contributed by atoms with Crippen LogP contribution in [0, 0.1) is 6.92 Å². The van der Waals surface area contributed by atoms with E-state index in [2.05, 4.69) is 17.1 Å². The van der Waals surface area contributed by atoms with Crippen LogP contribution in [0.15, 0.2) is 28.6 Å². The van der Waals surface area contributed by atoms with Crippen LogP contribution in [0.3, 0.4) is 0 Å². The number of hydrogen-bond donors (Lipinski definition) is 1. The highest BCUT2D eigenvalue weighted by Crippen LogP contribution is 2.26. The van der Waals surface area contributed by atoms with E-state index in [1.807, 2.05) is 31.2 Å². The van der Waals surface area contributed by atoms with Crippen LogP contribution in [0.1, 0.15) is 30.0 Å². The van der Waals surface area contributed by atoms with E-state index in [0.717, 1.165) is 39.4 Å². The summed E-state index contributed by atoms with van der Waals surface area (Å²) in [5, 5.41) is 9.07. The summed E-state index contributed by atoms with van der Waals surface area (Å²) in [5.74, 6) is 1.69. The van der Waals surface area contributed by atoms with Gasteiger partial charge in [-0.25, -0.2) is 0 Å². The van der Waals surface area contributed by atoms with Gasteiger partial charge in [0.15, 0.2) is 4.34 Å². The fraction of sp³-hybridized carbons (Fsp3) is 0.429. The molecule has 0 radical (unpaired) electrons. The number of hydrogen-bond acceptors (Lipinski definition) is 6. The maximum atomic E-state index is 6.19. The first-order valence-electron chi connectivity index (χ1n) is 6.60. The van der Waals surface area contributed by atoms with E-state index in [9.17, 15) is 0 Å². The third-order valence-corrected chi connectivity index (χ3v) is 4.77. The molecule has 2 aromatic rings. The molecule has 0 saturated carbocycles. The fourth-order valence-electron chi connectivity index (χ4n) is 1.63. The fourth-order valence-corrected chi connectivity index (χ4v) is 3.46. The normalized spacial score (nSPS) is 12.3. The molecule has 0 saturated heterocycles. The summed E-state index contributed by atoms with van der Waals surface area (Å²) in [5.41, 5.74) is 7.31. The maximum absolute atomic E-state index is 6.19. The summed E-state index contributed by atoms with van der Waals surface area (Å²) in [6, 6.07) is 8.00. The molecule has 0 aliphatic carbocycles. The second-order valence-electron chi connectivity index (χ2n) is 4.42. The summed E-state index contributed by atoms with van der Waals surface area (Å²) in [6.07, 6.45) is 1.01. The van der Waals surface area contributed by atoms with E-state index in [1.165, 1.54) is 0 Å². The van der Waals surface area contributed by atoms with Crippen molar-refractivity contribution in [2.24, 2.45) is 5.73 Å². The molecule has 0 amide bonds. The lowest BCUT2D eigenvalue weighted by atomic mass is 10.1. The molecular formula is C14H19N3OS2. The zero-order valence-electron chi connectivity index (χ0n) is 11.7. The zero-order valence-corrected chi connectivity index (χ0v) is 13.3. The smallest absolute Gasteiger partial charge is 0.174 e. The van der Waals surface area contributed by atoms with Crippen molar-refractivity contribution in [2.45, 2.75) is 30.6 Å². The quantitative estimate of drug-likeness (QED) is 0.794. The number of benzene rings is 1. The Morgan fingerprint density at radius 1 is 1.30 bits per heavy atom. The van der Waals surface area contributed by atoms with E-state index in [4.69, 9.17) is 10.5 Å². The molecule has 0 aliphatic heterocycles. The molecule has 2 rings (SSSR count). The first-order chi connectivity index (χ1) is 9.69. The van der Waals surface area contributed by atoms with Crippen molar-refractivity contribution in [3.63, 3.8) is 0 Å². The Kier molecular flexibility index (Phi) is 5.82. The SMILES string of the molecule is CCCOc1ccc(C(N)CSc2nnc(C)s2)cc1. The molecule has 20 heavy (non-hydrogen) atoms. The van der Waals surface area contributed by atoms with E-state index in [-0.39, 0.29) is 6.04 Å². The Morgan fingerprint density at radius 2 is 2.05 bits per heavy atom. The van der Waals surface area contributed by atoms with Gasteiger partial charge in [-0.1, -0.05) is 42.2 Å². The van der Waals surface area contributed by atoms with Crippen molar-refractivity contribution < 1.29 is 4.74 Å². The van der Waals surface area contributed by atoms with Gasteiger partial charge in [0.2, 0.25) is 0 Å². The van der Waals surface area contributed by atoms with Crippen molar-refractivity contribution in [3.05, 3.63) is 34.8 Å². The molecule has 1 atom stereocenters. The van der Waals surface area contributed by atoms with Crippen LogP contribution in [0.5, 0.6) is 5.75 Å². The summed E-state index contributed by atoms with van der Waals surface area (Å²) in [7, 11) is 0. The average molecular weight is 309 g/mol. The third-order valence-electron chi connectivity index (χ3n) is 2.67. The van der Waals surface area contributed by atoms with Crippen LogP contribution >= 0.6 is 23.1 Å². The number of nitrogens with two attached hydrogens (primary N) is 1. The van der Waals surface area contributed by atoms with Gasteiger partial charge < -0.3 is 10.5 Å². The highest BCUT2D eigenvalue weighted by molar-refractivity contribution is 8.01. The topological polar surface area (TPSA) is 61.0 Å². The molecule has 1 unspecified atom stereocenters. The average Bonchev–Trinajstić information content (AvgIpc) is 2.89. The predicted molar refractivity (Wildman–Crippen MR) is 84.5 cm³/mol. The third kappa shape index (κ3) is 4.47. The van der Waals surface area contributed by atoms with Gasteiger partial charge in [0.25, 0.3) is 0 Å². The molecule has 2 N–H and O–H groups in total. The van der Waals surface area contributed by atoms with Crippen molar-refractivity contribution in [2.75, 3.05) is 12.4 Å². The molecule has 4 nitrogen and oxygen atoms in total. The lowest BCUT2D eigenvalue weighted by Crippen LogP contribution is -2.12. The minimum atomic E-state index is -0.00979. The van der Waals surface area contributed by atoms with Crippen molar-refractivity contribution in [1.29, 1.82) is 0 Å². The van der Waals surface area contributed by atoms with E-state index >= 15 is 0 Å². The Bertz CT molecular complexity index is 527. The number of nitrogens with zero attached hydrogens (tertiary/aromatic N) is 2. The van der Waals surface area contributed by atoms with Crippen LogP contribution in [-0.2, 0) is 0 Å². The lowest BCUT2D eigenvalue weighted by Gasteiger charge is -2.11. The van der Waals surface area contributed by atoms with Gasteiger partial charge in [-0.05, 0) is 31.0 Å². The summed E-state index contributed by atoms with van der Waals surface area (Å²) >= 11 is 3.25. The Hall–Kier alpha value is -1.11. The first kappa shape index (κ1) is 15.3. The van der Waals surface area contributed by atoms with Crippen molar-refractivity contribution in [3.8, 4) is 5.75 Å². The van der Waals surface area contributed by atoms with Gasteiger partial charge in [0.1, 0.15) is 10.8 Å². The standard InChI is InChI=1S/C14H19N3OS2/c1-3-8-18-12-6-4-11(5-7-12)13(15)9-19-14-17-16-10(2)20-14/h4-7,13H,3,8-9,15H2,1-2H3. The molecule has 1 heterocycles. The second kappa shape index (κ2) is 7.61. The molecule has 1 aromatic heterocycles. The zero-order chi connectivity index (χ0) is 14.4. The van der Waals surface area contributed by atoms with Crippen LogP contribution in [0.2, 0.25) is 0 Å². The minimum Gasteiger partial charge on any atom is -0.494 e. The van der Waals surface area contributed by atoms with Gasteiger partial charge in [-0.15, -0.1) is 10.2 Å². The minimum absolute atomic E-state index is 0.00979. The molecule has 0 spiro atoms. The summed E-state index contributed by atoms with van der Waals surface area (Å²) in [6.45, 7) is 4.80. The summed E-state index contributed by atoms with van der Waals surface area (Å²) in [4.78, 5) is 0. The highest BCUT2D eigenvalue weighted by Gasteiger charge is 2.09. The Balaban J connectivity index is 1.86. The summed E-state index contributed by atoms with van der Waals surface area (Å²) < 4.78 is 6.53. The monoisotopic (exact) mass is 309 g/mol. The van der Waals surface area contributed by atoms with Gasteiger partial charge in [0.05, 0.1) is 6.61 Å². The highest BCUT2D eigenvalue weighted by atomic mass is 32.2. The molecule has 6 heteroatoms. The van der Waals surface area contributed by atoms with E-state index in [0.29, 0.717) is 0 Å². The van der Waals surface area contributed by atoms with Gasteiger partial charge in [-0.2, -0.15) is 0 Å². The number of ether oxygens (including phenoxy) is 1. The molecule has 108 valence electrons. The predicted octanol–water partition coefficient (Wildman–Crippen LogP) is 3.43. The molecule has 1 aromatic carbocycles. The number of rotatable bonds is 7. The van der Waals surface area contributed by atoms with E-state index < -0.39 is 0 Å². The number of aromatic nitrogens is 2. The molecule has 0 fully saturated rings. The largest absolute Gasteiger partial charge is 0.494 e. The Labute approximate surface area is 127 Å². The number of aryl methyl sites for hydroxylation is 1. The van der Waals surface area contributed by atoms with Crippen molar-refractivity contribution in [1.82, 2.24) is 10.2 Å². The van der Waals surface area contributed by atoms with Crippen LogP contribution < -0.4 is 10.5 Å². The van der Waals surface area contributed by atoms with Gasteiger partial charge >= 0.3 is 0 Å². The van der Waals surface area contributed by atoms with Crippen LogP contribution in [0.25, 0.3) is 0 Å².